The van der Waals surface area contributed by atoms with Crippen LogP contribution in [0.3, 0.4) is 0 Å². The molecule has 5 heterocycles. The van der Waals surface area contributed by atoms with Crippen molar-refractivity contribution < 1.29 is 9.59 Å². The Bertz CT molecular complexity index is 1230. The van der Waals surface area contributed by atoms with Crippen molar-refractivity contribution in [3.63, 3.8) is 0 Å². The number of piperidine rings is 1. The maximum absolute atomic E-state index is 12.7. The fraction of sp³-hybridized carbons (Fsp3) is 0.333. The molecule has 170 valence electrons. The van der Waals surface area contributed by atoms with Crippen molar-refractivity contribution in [2.75, 3.05) is 19.6 Å². The van der Waals surface area contributed by atoms with E-state index in [1.165, 1.54) is 11.8 Å². The first kappa shape index (κ1) is 22.0. The number of amides is 2. The smallest absolute Gasteiger partial charge is 0.258 e. The molecular formula is C24H24ClN5O2S. The Balaban J connectivity index is 1.06. The number of carbonyl (C=O) groups excluding carboxylic acids is 2. The molecular weight excluding hydrogens is 458 g/mol. The van der Waals surface area contributed by atoms with Crippen LogP contribution in [-0.2, 0) is 4.79 Å². The summed E-state index contributed by atoms with van der Waals surface area (Å²) in [6.45, 7) is 2.14. The van der Waals surface area contributed by atoms with Crippen LogP contribution in [0.1, 0.15) is 41.7 Å². The number of aromatic nitrogens is 3. The van der Waals surface area contributed by atoms with Crippen LogP contribution in [0, 0.1) is 5.92 Å². The molecule has 0 bridgehead atoms. The van der Waals surface area contributed by atoms with Crippen LogP contribution in [0.15, 0.2) is 52.7 Å². The SMILES string of the molecule is O=C(NCCCC1CCN(C(=O)c2ccnc(Cl)c2)CC1)C1=Cc2cnc3cccc(n23)S1. The minimum absolute atomic E-state index is 0.0142. The monoisotopic (exact) mass is 481 g/mol. The molecule has 3 aromatic rings. The van der Waals surface area contributed by atoms with Crippen LogP contribution in [0.2, 0.25) is 5.15 Å². The highest BCUT2D eigenvalue weighted by Gasteiger charge is 2.24. The van der Waals surface area contributed by atoms with Crippen LogP contribution in [-0.4, -0.2) is 50.7 Å². The molecule has 1 saturated heterocycles. The van der Waals surface area contributed by atoms with Crippen molar-refractivity contribution in [3.05, 3.63) is 64.0 Å². The number of likely N-dealkylation sites (tertiary alicyclic amines) is 1. The molecule has 0 saturated carbocycles. The van der Waals surface area contributed by atoms with E-state index in [0.29, 0.717) is 28.1 Å². The van der Waals surface area contributed by atoms with Gasteiger partial charge in [0, 0.05) is 31.4 Å². The van der Waals surface area contributed by atoms with Crippen molar-refractivity contribution >= 4 is 46.9 Å². The average molecular weight is 482 g/mol. The lowest BCUT2D eigenvalue weighted by atomic mass is 9.92. The predicted molar refractivity (Wildman–Crippen MR) is 129 cm³/mol. The van der Waals surface area contributed by atoms with Crippen molar-refractivity contribution in [2.45, 2.75) is 30.7 Å². The molecule has 3 aromatic heterocycles. The molecule has 9 heteroatoms. The fourth-order valence-corrected chi connectivity index (χ4v) is 5.60. The zero-order chi connectivity index (χ0) is 22.8. The zero-order valence-corrected chi connectivity index (χ0v) is 19.6. The standard InChI is InChI=1S/C24H24ClN5O2S/c25-20-13-17(6-10-26-20)24(32)29-11-7-16(8-12-29)3-2-9-27-23(31)19-14-18-15-28-21-4-1-5-22(33-19)30(18)21/h1,4-6,10,13-16H,2-3,7-9,11-12H2,(H,27,31). The highest BCUT2D eigenvalue weighted by Crippen LogP contribution is 2.34. The van der Waals surface area contributed by atoms with Crippen LogP contribution >= 0.6 is 23.4 Å². The summed E-state index contributed by atoms with van der Waals surface area (Å²) in [5.41, 5.74) is 2.41. The van der Waals surface area contributed by atoms with Gasteiger partial charge < -0.3 is 10.2 Å². The Morgan fingerprint density at radius 1 is 1.18 bits per heavy atom. The number of halogens is 1. The van der Waals surface area contributed by atoms with Crippen molar-refractivity contribution in [1.29, 1.82) is 0 Å². The van der Waals surface area contributed by atoms with E-state index in [2.05, 4.69) is 19.7 Å². The van der Waals surface area contributed by atoms with E-state index in [9.17, 15) is 9.59 Å². The van der Waals surface area contributed by atoms with Gasteiger partial charge in [0.05, 0.1) is 21.8 Å². The largest absolute Gasteiger partial charge is 0.352 e. The van der Waals surface area contributed by atoms with Crippen LogP contribution in [0.4, 0.5) is 0 Å². The normalized spacial score (nSPS) is 16.0. The number of rotatable bonds is 6. The van der Waals surface area contributed by atoms with Crippen molar-refractivity contribution in [1.82, 2.24) is 24.6 Å². The molecule has 5 rings (SSSR count). The quantitative estimate of drug-likeness (QED) is 0.420. The Labute approximate surface area is 201 Å². The Kier molecular flexibility index (Phi) is 6.37. The average Bonchev–Trinajstić information content (AvgIpc) is 3.26. The van der Waals surface area contributed by atoms with Crippen LogP contribution in [0.5, 0.6) is 0 Å². The highest BCUT2D eigenvalue weighted by atomic mass is 35.5. The molecule has 0 aromatic carbocycles. The second-order valence-corrected chi connectivity index (χ2v) is 9.80. The van der Waals surface area contributed by atoms with Crippen molar-refractivity contribution in [2.24, 2.45) is 5.92 Å². The van der Waals surface area contributed by atoms with Gasteiger partial charge in [-0.25, -0.2) is 9.97 Å². The molecule has 0 spiro atoms. The summed E-state index contributed by atoms with van der Waals surface area (Å²) in [6, 6.07) is 9.25. The summed E-state index contributed by atoms with van der Waals surface area (Å²) in [5, 5.41) is 4.40. The second kappa shape index (κ2) is 9.57. The third-order valence-corrected chi connectivity index (χ3v) is 7.45. The summed E-state index contributed by atoms with van der Waals surface area (Å²) < 4.78 is 2.06. The molecule has 1 fully saturated rings. The van der Waals surface area contributed by atoms with Crippen molar-refractivity contribution in [3.8, 4) is 0 Å². The molecule has 0 atom stereocenters. The van der Waals surface area contributed by atoms with Gasteiger partial charge in [-0.1, -0.05) is 29.4 Å². The minimum Gasteiger partial charge on any atom is -0.352 e. The lowest BCUT2D eigenvalue weighted by Crippen LogP contribution is -2.38. The first-order valence-corrected chi connectivity index (χ1v) is 12.3. The van der Waals surface area contributed by atoms with Gasteiger partial charge in [-0.3, -0.25) is 14.0 Å². The zero-order valence-electron chi connectivity index (χ0n) is 18.0. The molecule has 0 radical (unpaired) electrons. The van der Waals surface area contributed by atoms with E-state index in [1.807, 2.05) is 29.2 Å². The van der Waals surface area contributed by atoms with Gasteiger partial charge in [0.2, 0.25) is 0 Å². The van der Waals surface area contributed by atoms with E-state index in [-0.39, 0.29) is 11.8 Å². The first-order valence-electron chi connectivity index (χ1n) is 11.1. The van der Waals surface area contributed by atoms with E-state index in [0.717, 1.165) is 55.1 Å². The number of carbonyl (C=O) groups is 2. The lowest BCUT2D eigenvalue weighted by Gasteiger charge is -2.32. The first-order chi connectivity index (χ1) is 16.1. The number of thioether (sulfide) groups is 1. The van der Waals surface area contributed by atoms with Gasteiger partial charge in [0.25, 0.3) is 11.8 Å². The van der Waals surface area contributed by atoms with Gasteiger partial charge >= 0.3 is 0 Å². The van der Waals surface area contributed by atoms with Crippen LogP contribution < -0.4 is 5.32 Å². The molecule has 2 amide bonds. The molecule has 1 N–H and O–H groups in total. The van der Waals surface area contributed by atoms with Gasteiger partial charge in [-0.2, -0.15) is 0 Å². The summed E-state index contributed by atoms with van der Waals surface area (Å²) in [6.07, 6.45) is 9.19. The second-order valence-electron chi connectivity index (χ2n) is 8.35. The molecule has 2 aliphatic heterocycles. The topological polar surface area (TPSA) is 79.6 Å². The summed E-state index contributed by atoms with van der Waals surface area (Å²) in [7, 11) is 0. The van der Waals surface area contributed by atoms with E-state index in [1.54, 1.807) is 24.5 Å². The molecule has 7 nitrogen and oxygen atoms in total. The number of nitrogens with zero attached hydrogens (tertiary/aromatic N) is 4. The van der Waals surface area contributed by atoms with Gasteiger partial charge in [0.1, 0.15) is 10.8 Å². The van der Waals surface area contributed by atoms with E-state index < -0.39 is 0 Å². The number of pyridine rings is 2. The molecule has 2 aliphatic rings. The number of imidazole rings is 1. The molecule has 33 heavy (non-hydrogen) atoms. The van der Waals surface area contributed by atoms with Gasteiger partial charge in [-0.15, -0.1) is 0 Å². The maximum Gasteiger partial charge on any atom is 0.258 e. The maximum atomic E-state index is 12.7. The summed E-state index contributed by atoms with van der Waals surface area (Å²) in [5.74, 6) is 0.545. The lowest BCUT2D eigenvalue weighted by molar-refractivity contribution is -0.116. The summed E-state index contributed by atoms with van der Waals surface area (Å²) >= 11 is 7.38. The van der Waals surface area contributed by atoms with Gasteiger partial charge in [-0.05, 0) is 61.9 Å². The number of nitrogens with one attached hydrogen (secondary N) is 1. The van der Waals surface area contributed by atoms with E-state index in [4.69, 9.17) is 11.6 Å². The van der Waals surface area contributed by atoms with Gasteiger partial charge in [0.15, 0.2) is 0 Å². The Morgan fingerprint density at radius 3 is 2.85 bits per heavy atom. The Morgan fingerprint density at radius 2 is 2.03 bits per heavy atom. The molecule has 0 aliphatic carbocycles. The minimum atomic E-state index is -0.0409. The number of hydrogen-bond donors (Lipinski definition) is 1. The Hall–Kier alpha value is -2.84. The van der Waals surface area contributed by atoms with E-state index >= 15 is 0 Å². The highest BCUT2D eigenvalue weighted by molar-refractivity contribution is 8.04. The van der Waals surface area contributed by atoms with Crippen LogP contribution in [0.25, 0.3) is 11.7 Å². The molecule has 0 unspecified atom stereocenters. The number of hydrogen-bond acceptors (Lipinski definition) is 5. The fourth-order valence-electron chi connectivity index (χ4n) is 4.42. The third kappa shape index (κ3) is 4.77. The third-order valence-electron chi connectivity index (χ3n) is 6.19. The summed E-state index contributed by atoms with van der Waals surface area (Å²) in [4.78, 5) is 36.2. The predicted octanol–water partition coefficient (Wildman–Crippen LogP) is 4.28.